The Labute approximate surface area is 105 Å². The lowest BCUT2D eigenvalue weighted by molar-refractivity contribution is 0.0934. The monoisotopic (exact) mass is 263 g/mol. The highest BCUT2D eigenvalue weighted by atomic mass is 32.2. The molecule has 5 heteroatoms. The van der Waals surface area contributed by atoms with E-state index >= 15 is 0 Å². The molecule has 17 heavy (non-hydrogen) atoms. The minimum absolute atomic E-state index is 0.00898. The van der Waals surface area contributed by atoms with Crippen LogP contribution in [0.15, 0.2) is 0 Å². The third-order valence-electron chi connectivity index (χ3n) is 3.26. The molecule has 0 bridgehead atoms. The molecule has 2 N–H and O–H groups in total. The Morgan fingerprint density at radius 3 is 2.06 bits per heavy atom. The largest absolute Gasteiger partial charge is 0.395 e. The summed E-state index contributed by atoms with van der Waals surface area (Å²) in [5.74, 6) is -0.204. The number of rotatable bonds is 4. The van der Waals surface area contributed by atoms with Crippen molar-refractivity contribution in [1.82, 2.24) is 4.72 Å². The molecule has 0 radical (unpaired) electrons. The number of hydrogen-bond donors (Lipinski definition) is 2. The number of sulfonamides is 1. The van der Waals surface area contributed by atoms with E-state index in [1.165, 1.54) is 0 Å². The van der Waals surface area contributed by atoms with Crippen LogP contribution in [0.25, 0.3) is 0 Å². The van der Waals surface area contributed by atoms with Crippen molar-refractivity contribution < 1.29 is 13.5 Å². The quantitative estimate of drug-likeness (QED) is 0.808. The molecule has 1 rings (SSSR count). The zero-order chi connectivity index (χ0) is 13.3. The zero-order valence-corrected chi connectivity index (χ0v) is 12.1. The second-order valence-corrected chi connectivity index (χ2v) is 8.64. The molecule has 1 aliphatic carbocycles. The van der Waals surface area contributed by atoms with Crippen molar-refractivity contribution in [2.45, 2.75) is 53.0 Å². The lowest BCUT2D eigenvalue weighted by atomic mass is 9.64. The lowest BCUT2D eigenvalue weighted by Gasteiger charge is -2.45. The maximum Gasteiger partial charge on any atom is 0.214 e. The van der Waals surface area contributed by atoms with E-state index in [1.54, 1.807) is 0 Å². The highest BCUT2D eigenvalue weighted by molar-refractivity contribution is 7.89. The maximum atomic E-state index is 11.6. The van der Waals surface area contributed by atoms with Crippen LogP contribution in [0.1, 0.15) is 47.0 Å². The molecule has 0 heterocycles. The van der Waals surface area contributed by atoms with E-state index in [2.05, 4.69) is 32.4 Å². The molecule has 102 valence electrons. The van der Waals surface area contributed by atoms with Crippen molar-refractivity contribution >= 4 is 10.0 Å². The number of nitrogens with one attached hydrogen (secondary N) is 1. The molecule has 1 fully saturated rings. The Hall–Kier alpha value is -0.130. The van der Waals surface area contributed by atoms with Gasteiger partial charge in [-0.1, -0.05) is 27.7 Å². The number of aliphatic hydroxyl groups excluding tert-OH is 1. The molecule has 0 aromatic heterocycles. The molecule has 0 amide bonds. The van der Waals surface area contributed by atoms with Crippen LogP contribution in [0.5, 0.6) is 0 Å². The first-order chi connectivity index (χ1) is 7.55. The van der Waals surface area contributed by atoms with Crippen molar-refractivity contribution in [3.05, 3.63) is 0 Å². The second-order valence-electron chi connectivity index (χ2n) is 6.77. The zero-order valence-electron chi connectivity index (χ0n) is 11.3. The Morgan fingerprint density at radius 1 is 1.18 bits per heavy atom. The SMILES string of the molecule is CC1(C)CC(NS(=O)(=O)CCO)CC(C)(C)C1. The molecule has 1 saturated carbocycles. The molecular formula is C12H25NO3S. The van der Waals surface area contributed by atoms with Gasteiger partial charge in [0, 0.05) is 6.04 Å². The molecule has 0 aromatic carbocycles. The van der Waals surface area contributed by atoms with Gasteiger partial charge in [-0.3, -0.25) is 0 Å². The molecule has 0 aliphatic heterocycles. The summed E-state index contributed by atoms with van der Waals surface area (Å²) >= 11 is 0. The van der Waals surface area contributed by atoms with E-state index in [0.717, 1.165) is 19.3 Å². The molecule has 1 aliphatic rings. The van der Waals surface area contributed by atoms with Crippen LogP contribution < -0.4 is 4.72 Å². The minimum Gasteiger partial charge on any atom is -0.395 e. The third-order valence-corrected chi connectivity index (χ3v) is 4.67. The van der Waals surface area contributed by atoms with Crippen LogP contribution in [0.3, 0.4) is 0 Å². The second kappa shape index (κ2) is 4.86. The number of aliphatic hydroxyl groups is 1. The normalized spacial score (nSPS) is 24.8. The van der Waals surface area contributed by atoms with Crippen molar-refractivity contribution in [3.8, 4) is 0 Å². The van der Waals surface area contributed by atoms with Crippen LogP contribution in [-0.4, -0.2) is 31.9 Å². The molecule has 0 aromatic rings. The predicted octanol–water partition coefficient (Wildman–Crippen LogP) is 1.50. The molecule has 0 atom stereocenters. The van der Waals surface area contributed by atoms with Crippen molar-refractivity contribution in [2.24, 2.45) is 10.8 Å². The van der Waals surface area contributed by atoms with E-state index in [4.69, 9.17) is 5.11 Å². The average Bonchev–Trinajstić information content (AvgIpc) is 1.94. The summed E-state index contributed by atoms with van der Waals surface area (Å²) in [6, 6.07) is -0.00898. The van der Waals surface area contributed by atoms with Crippen molar-refractivity contribution in [2.75, 3.05) is 12.4 Å². The van der Waals surface area contributed by atoms with Crippen LogP contribution in [0, 0.1) is 10.8 Å². The van der Waals surface area contributed by atoms with E-state index in [1.807, 2.05) is 0 Å². The van der Waals surface area contributed by atoms with E-state index in [-0.39, 0.29) is 29.2 Å². The fourth-order valence-corrected chi connectivity index (χ4v) is 4.40. The standard InChI is InChI=1S/C12H25NO3S/c1-11(2)7-10(8-12(3,4)9-11)13-17(15,16)6-5-14/h10,13-14H,5-9H2,1-4H3. The summed E-state index contributed by atoms with van der Waals surface area (Å²) in [4.78, 5) is 0. The molecule has 4 nitrogen and oxygen atoms in total. The average molecular weight is 263 g/mol. The highest BCUT2D eigenvalue weighted by Gasteiger charge is 2.39. The summed E-state index contributed by atoms with van der Waals surface area (Å²) < 4.78 is 26.0. The van der Waals surface area contributed by atoms with Gasteiger partial charge in [0.15, 0.2) is 0 Å². The first-order valence-corrected chi connectivity index (χ1v) is 7.81. The third kappa shape index (κ3) is 4.94. The smallest absolute Gasteiger partial charge is 0.214 e. The van der Waals surface area contributed by atoms with Crippen LogP contribution in [0.2, 0.25) is 0 Å². The van der Waals surface area contributed by atoms with Gasteiger partial charge in [-0.15, -0.1) is 0 Å². The van der Waals surface area contributed by atoms with E-state index in [9.17, 15) is 8.42 Å². The fraction of sp³-hybridized carbons (Fsp3) is 1.00. The van der Waals surface area contributed by atoms with Crippen LogP contribution in [0.4, 0.5) is 0 Å². The minimum atomic E-state index is -3.33. The van der Waals surface area contributed by atoms with Gasteiger partial charge in [-0.2, -0.15) is 0 Å². The van der Waals surface area contributed by atoms with Crippen LogP contribution >= 0.6 is 0 Å². The van der Waals surface area contributed by atoms with Gasteiger partial charge in [0.05, 0.1) is 12.4 Å². The molecule has 0 spiro atoms. The van der Waals surface area contributed by atoms with Gasteiger partial charge in [-0.05, 0) is 30.1 Å². The topological polar surface area (TPSA) is 66.4 Å². The van der Waals surface area contributed by atoms with Gasteiger partial charge in [-0.25, -0.2) is 13.1 Å². The van der Waals surface area contributed by atoms with E-state index in [0.29, 0.717) is 0 Å². The van der Waals surface area contributed by atoms with E-state index < -0.39 is 10.0 Å². The highest BCUT2D eigenvalue weighted by Crippen LogP contribution is 2.45. The summed E-state index contributed by atoms with van der Waals surface area (Å²) in [5, 5.41) is 8.72. The van der Waals surface area contributed by atoms with Gasteiger partial charge in [0.2, 0.25) is 10.0 Å². The summed E-state index contributed by atoms with van der Waals surface area (Å²) in [7, 11) is -3.33. The molecule has 0 saturated heterocycles. The number of hydrogen-bond acceptors (Lipinski definition) is 3. The predicted molar refractivity (Wildman–Crippen MR) is 69.2 cm³/mol. The summed E-state index contributed by atoms with van der Waals surface area (Å²) in [6.45, 7) is 8.40. The molecule has 0 unspecified atom stereocenters. The lowest BCUT2D eigenvalue weighted by Crippen LogP contribution is -2.46. The fourth-order valence-electron chi connectivity index (χ4n) is 3.36. The summed E-state index contributed by atoms with van der Waals surface area (Å²) in [6.07, 6.45) is 2.83. The Balaban J connectivity index is 2.72. The van der Waals surface area contributed by atoms with Crippen molar-refractivity contribution in [3.63, 3.8) is 0 Å². The van der Waals surface area contributed by atoms with Gasteiger partial charge in [0.25, 0.3) is 0 Å². The Kier molecular flexibility index (Phi) is 4.27. The first-order valence-electron chi connectivity index (χ1n) is 6.16. The van der Waals surface area contributed by atoms with Crippen molar-refractivity contribution in [1.29, 1.82) is 0 Å². The Morgan fingerprint density at radius 2 is 1.65 bits per heavy atom. The maximum absolute atomic E-state index is 11.6. The Bertz CT molecular complexity index is 344. The summed E-state index contributed by atoms with van der Waals surface area (Å²) in [5.41, 5.74) is 0.322. The molecular weight excluding hydrogens is 238 g/mol. The van der Waals surface area contributed by atoms with Gasteiger partial charge < -0.3 is 5.11 Å². The van der Waals surface area contributed by atoms with Crippen LogP contribution in [-0.2, 0) is 10.0 Å². The first kappa shape index (κ1) is 14.9. The van der Waals surface area contributed by atoms with Gasteiger partial charge in [0.1, 0.15) is 0 Å². The van der Waals surface area contributed by atoms with Gasteiger partial charge >= 0.3 is 0 Å².